The molecule has 0 fully saturated rings. The number of rotatable bonds is 10. The van der Waals surface area contributed by atoms with E-state index in [1.165, 1.54) is 11.1 Å². The Kier molecular flexibility index (Phi) is 11.3. The maximum Gasteiger partial charge on any atom is -0.0121 e. The average molecular weight is 517 g/mol. The Balaban J connectivity index is 2.79. The lowest BCUT2D eigenvalue weighted by Gasteiger charge is -2.34. The second-order valence-electron chi connectivity index (χ2n) is 11.6. The van der Waals surface area contributed by atoms with E-state index in [0.717, 1.165) is 0 Å². The Bertz CT molecular complexity index is 833. The predicted octanol–water partition coefficient (Wildman–Crippen LogP) is 8.84. The van der Waals surface area contributed by atoms with Crippen molar-refractivity contribution in [3.8, 4) is 0 Å². The van der Waals surface area contributed by atoms with E-state index in [1.54, 1.807) is 21.2 Å². The summed E-state index contributed by atoms with van der Waals surface area (Å²) in [6.07, 6.45) is 0. The van der Waals surface area contributed by atoms with Gasteiger partial charge in [0.2, 0.25) is 0 Å². The van der Waals surface area contributed by atoms with E-state index >= 15 is 0 Å². The van der Waals surface area contributed by atoms with Crippen LogP contribution < -0.4 is 21.2 Å². The molecule has 0 saturated carbocycles. The molecular formula is C31H51P3. The smallest absolute Gasteiger partial charge is 0.0121 e. The molecule has 190 valence electrons. The van der Waals surface area contributed by atoms with Gasteiger partial charge in [-0.05, 0) is 81.4 Å². The number of benzene rings is 2. The molecule has 0 aliphatic heterocycles. The van der Waals surface area contributed by atoms with Crippen molar-refractivity contribution in [1.82, 2.24) is 0 Å². The van der Waals surface area contributed by atoms with Crippen LogP contribution in [0.3, 0.4) is 0 Å². The molecular weight excluding hydrogens is 465 g/mol. The minimum atomic E-state index is -0.407. The van der Waals surface area contributed by atoms with Crippen molar-refractivity contribution in [2.45, 2.75) is 118 Å². The van der Waals surface area contributed by atoms with Crippen LogP contribution in [-0.2, 0) is 0 Å². The van der Waals surface area contributed by atoms with Gasteiger partial charge in [0.15, 0.2) is 0 Å². The lowest BCUT2D eigenvalue weighted by Crippen LogP contribution is -2.35. The van der Waals surface area contributed by atoms with Gasteiger partial charge < -0.3 is 0 Å². The van der Waals surface area contributed by atoms with Crippen LogP contribution in [0.1, 0.15) is 106 Å². The molecule has 2 rings (SSSR count). The van der Waals surface area contributed by atoms with E-state index in [2.05, 4.69) is 126 Å². The van der Waals surface area contributed by atoms with Gasteiger partial charge in [-0.3, -0.25) is 0 Å². The summed E-state index contributed by atoms with van der Waals surface area (Å²) in [5, 5.41) is 6.62. The van der Waals surface area contributed by atoms with Crippen molar-refractivity contribution in [3.05, 3.63) is 47.5 Å². The standard InChI is InChI=1S/C31H51P3/c1-20(2)26-14-16-28(30(18-26)33(22(5)6)23(7)8)32(13)29-17-15-27(21(3)4)19-31(29)34(24(9)10)25(11)12/h14-25H,1-13H3. The molecule has 34 heavy (non-hydrogen) atoms. The molecule has 2 aromatic carbocycles. The first-order valence-electron chi connectivity index (χ1n) is 13.4. The highest BCUT2D eigenvalue weighted by Gasteiger charge is 2.29. The second-order valence-corrected chi connectivity index (χ2v) is 20.4. The maximum atomic E-state index is 2.60. The summed E-state index contributed by atoms with van der Waals surface area (Å²) >= 11 is 0. The van der Waals surface area contributed by atoms with E-state index in [-0.39, 0.29) is 15.8 Å². The van der Waals surface area contributed by atoms with Crippen LogP contribution in [0.2, 0.25) is 0 Å². The highest BCUT2D eigenvalue weighted by atomic mass is 31.1. The quantitative estimate of drug-likeness (QED) is 0.277. The van der Waals surface area contributed by atoms with E-state index < -0.39 is 7.92 Å². The van der Waals surface area contributed by atoms with Crippen LogP contribution in [0.25, 0.3) is 0 Å². The van der Waals surface area contributed by atoms with Crippen molar-refractivity contribution in [2.75, 3.05) is 6.66 Å². The monoisotopic (exact) mass is 516 g/mol. The Morgan fingerprint density at radius 3 is 0.971 bits per heavy atom. The summed E-state index contributed by atoms with van der Waals surface area (Å²) in [7, 11) is -0.814. The lowest BCUT2D eigenvalue weighted by atomic mass is 10.0. The molecule has 3 heteroatoms. The van der Waals surface area contributed by atoms with Crippen LogP contribution in [0.5, 0.6) is 0 Å². The molecule has 0 bridgehead atoms. The van der Waals surface area contributed by atoms with Crippen molar-refractivity contribution in [1.29, 1.82) is 0 Å². The first kappa shape index (κ1) is 30.0. The summed E-state index contributed by atoms with van der Waals surface area (Å²) < 4.78 is 0. The molecule has 0 unspecified atom stereocenters. The van der Waals surface area contributed by atoms with Crippen LogP contribution in [-0.4, -0.2) is 29.3 Å². The van der Waals surface area contributed by atoms with E-state index in [1.807, 2.05) is 0 Å². The van der Waals surface area contributed by atoms with E-state index in [0.29, 0.717) is 34.5 Å². The highest BCUT2D eigenvalue weighted by molar-refractivity contribution is 7.78. The van der Waals surface area contributed by atoms with Crippen molar-refractivity contribution < 1.29 is 0 Å². The molecule has 0 heterocycles. The minimum absolute atomic E-state index is 0.203. The Labute approximate surface area is 216 Å². The van der Waals surface area contributed by atoms with Gasteiger partial charge in [0.25, 0.3) is 0 Å². The maximum absolute atomic E-state index is 2.60. The normalized spacial score (nSPS) is 12.9. The summed E-state index contributed by atoms with van der Waals surface area (Å²) in [5.41, 5.74) is 5.80. The van der Waals surface area contributed by atoms with Crippen LogP contribution in [0.4, 0.5) is 0 Å². The Morgan fingerprint density at radius 1 is 0.441 bits per heavy atom. The average Bonchev–Trinajstić information content (AvgIpc) is 2.72. The van der Waals surface area contributed by atoms with Gasteiger partial charge in [-0.2, -0.15) is 0 Å². The summed E-state index contributed by atoms with van der Waals surface area (Å²) in [5.74, 6) is 1.14. The molecule has 0 N–H and O–H groups in total. The molecule has 0 aliphatic rings. The third kappa shape index (κ3) is 6.94. The van der Waals surface area contributed by atoms with Crippen molar-refractivity contribution >= 4 is 45.0 Å². The predicted molar refractivity (Wildman–Crippen MR) is 167 cm³/mol. The Morgan fingerprint density at radius 2 is 0.735 bits per heavy atom. The fourth-order valence-corrected chi connectivity index (χ4v) is 14.4. The van der Waals surface area contributed by atoms with Crippen LogP contribution in [0, 0.1) is 0 Å². The summed E-state index contributed by atoms with van der Waals surface area (Å²) in [6, 6.07) is 15.1. The first-order chi connectivity index (χ1) is 15.8. The molecule has 0 aliphatic carbocycles. The molecule has 0 radical (unpaired) electrons. The lowest BCUT2D eigenvalue weighted by molar-refractivity contribution is 0.868. The van der Waals surface area contributed by atoms with Gasteiger partial charge in [0.1, 0.15) is 0 Å². The molecule has 0 saturated heterocycles. The van der Waals surface area contributed by atoms with Crippen molar-refractivity contribution in [3.63, 3.8) is 0 Å². The second kappa shape index (κ2) is 12.8. The summed E-state index contributed by atoms with van der Waals surface area (Å²) in [4.78, 5) is 0. The summed E-state index contributed by atoms with van der Waals surface area (Å²) in [6.45, 7) is 31.4. The van der Waals surface area contributed by atoms with Crippen LogP contribution >= 0.6 is 23.8 Å². The molecule has 0 nitrogen and oxygen atoms in total. The highest BCUT2D eigenvalue weighted by Crippen LogP contribution is 2.49. The zero-order chi connectivity index (χ0) is 25.9. The van der Waals surface area contributed by atoms with Crippen molar-refractivity contribution in [2.24, 2.45) is 0 Å². The molecule has 0 spiro atoms. The SMILES string of the molecule is CC(C)c1ccc(P(C)c2ccc(C(C)C)cc2P(C(C)C)C(C)C)c(P(C(C)C)C(C)C)c1. The van der Waals surface area contributed by atoms with E-state index in [4.69, 9.17) is 0 Å². The topological polar surface area (TPSA) is 0 Å². The van der Waals surface area contributed by atoms with Gasteiger partial charge in [-0.25, -0.2) is 0 Å². The van der Waals surface area contributed by atoms with Gasteiger partial charge in [0, 0.05) is 0 Å². The fourth-order valence-electron chi connectivity index (χ4n) is 5.22. The minimum Gasteiger partial charge on any atom is -0.0694 e. The Hall–Kier alpha value is -0.270. The fraction of sp³-hybridized carbons (Fsp3) is 0.613. The number of hydrogen-bond acceptors (Lipinski definition) is 0. The van der Waals surface area contributed by atoms with Gasteiger partial charge in [-0.1, -0.05) is 135 Å². The van der Waals surface area contributed by atoms with Crippen LogP contribution in [0.15, 0.2) is 36.4 Å². The number of hydrogen-bond donors (Lipinski definition) is 0. The van der Waals surface area contributed by atoms with Gasteiger partial charge in [0.05, 0.1) is 0 Å². The zero-order valence-corrected chi connectivity index (χ0v) is 27.0. The molecule has 0 aromatic heterocycles. The molecule has 0 amide bonds. The third-order valence-corrected chi connectivity index (χ3v) is 15.7. The molecule has 0 atom stereocenters. The molecule has 2 aromatic rings. The zero-order valence-electron chi connectivity index (χ0n) is 24.3. The first-order valence-corrected chi connectivity index (χ1v) is 18.1. The van der Waals surface area contributed by atoms with Gasteiger partial charge in [-0.15, -0.1) is 0 Å². The third-order valence-electron chi connectivity index (χ3n) is 6.84. The van der Waals surface area contributed by atoms with Gasteiger partial charge >= 0.3 is 0 Å². The largest absolute Gasteiger partial charge is 0.0694 e. The van der Waals surface area contributed by atoms with E-state index in [9.17, 15) is 0 Å².